The SMILES string of the molecule is CC(Nc1ncc(Cl)c(NC(C)c2cccc(O)c2)n1)c1cccc(O)c1. The molecule has 2 atom stereocenters. The lowest BCUT2D eigenvalue weighted by Gasteiger charge is -2.18. The predicted molar refractivity (Wildman–Crippen MR) is 107 cm³/mol. The van der Waals surface area contributed by atoms with Crippen molar-refractivity contribution in [3.8, 4) is 11.5 Å². The fourth-order valence-electron chi connectivity index (χ4n) is 2.69. The molecule has 0 amide bonds. The molecule has 4 N–H and O–H groups in total. The van der Waals surface area contributed by atoms with Crippen molar-refractivity contribution in [2.45, 2.75) is 25.9 Å². The smallest absolute Gasteiger partial charge is 0.225 e. The number of hydrogen-bond donors (Lipinski definition) is 4. The molecule has 3 aromatic rings. The Kier molecular flexibility index (Phi) is 5.66. The van der Waals surface area contributed by atoms with Gasteiger partial charge in [-0.1, -0.05) is 35.9 Å². The second-order valence-electron chi connectivity index (χ2n) is 6.31. The van der Waals surface area contributed by atoms with E-state index in [0.29, 0.717) is 16.8 Å². The van der Waals surface area contributed by atoms with Gasteiger partial charge >= 0.3 is 0 Å². The van der Waals surface area contributed by atoms with Crippen LogP contribution in [0.5, 0.6) is 11.5 Å². The first-order valence-corrected chi connectivity index (χ1v) is 8.93. The van der Waals surface area contributed by atoms with Gasteiger partial charge in [0, 0.05) is 0 Å². The molecule has 140 valence electrons. The van der Waals surface area contributed by atoms with E-state index in [-0.39, 0.29) is 23.6 Å². The van der Waals surface area contributed by atoms with Gasteiger partial charge in [-0.05, 0) is 49.2 Å². The molecule has 0 aliphatic carbocycles. The van der Waals surface area contributed by atoms with Gasteiger partial charge in [0.25, 0.3) is 0 Å². The van der Waals surface area contributed by atoms with Crippen LogP contribution < -0.4 is 10.6 Å². The number of phenolic OH excluding ortho intramolecular Hbond substituents is 2. The molecule has 0 fully saturated rings. The zero-order valence-electron chi connectivity index (χ0n) is 15.0. The maximum absolute atomic E-state index is 9.65. The highest BCUT2D eigenvalue weighted by Crippen LogP contribution is 2.27. The van der Waals surface area contributed by atoms with Crippen LogP contribution >= 0.6 is 11.6 Å². The van der Waals surface area contributed by atoms with E-state index in [9.17, 15) is 10.2 Å². The second-order valence-corrected chi connectivity index (χ2v) is 6.72. The summed E-state index contributed by atoms with van der Waals surface area (Å²) in [7, 11) is 0. The fraction of sp³-hybridized carbons (Fsp3) is 0.200. The lowest BCUT2D eigenvalue weighted by molar-refractivity contribution is 0.473. The first-order chi connectivity index (χ1) is 12.9. The van der Waals surface area contributed by atoms with E-state index >= 15 is 0 Å². The maximum Gasteiger partial charge on any atom is 0.225 e. The predicted octanol–water partition coefficient (Wildman–Crippen LogP) is 4.89. The normalized spacial score (nSPS) is 13.0. The topological polar surface area (TPSA) is 90.3 Å². The number of aromatic hydroxyl groups is 2. The largest absolute Gasteiger partial charge is 0.508 e. The Morgan fingerprint density at radius 1 is 0.889 bits per heavy atom. The monoisotopic (exact) mass is 384 g/mol. The number of nitrogens with one attached hydrogen (secondary N) is 2. The molecule has 3 rings (SSSR count). The molecule has 6 nitrogen and oxygen atoms in total. The molecule has 0 aliphatic rings. The van der Waals surface area contributed by atoms with Crippen LogP contribution in [0, 0.1) is 0 Å². The van der Waals surface area contributed by atoms with E-state index in [4.69, 9.17) is 11.6 Å². The Morgan fingerprint density at radius 3 is 2.00 bits per heavy atom. The summed E-state index contributed by atoms with van der Waals surface area (Å²) in [4.78, 5) is 8.68. The van der Waals surface area contributed by atoms with Crippen LogP contribution in [0.15, 0.2) is 54.7 Å². The number of anilines is 2. The molecule has 0 bridgehead atoms. The molecule has 27 heavy (non-hydrogen) atoms. The number of hydrogen-bond acceptors (Lipinski definition) is 6. The molecule has 1 aromatic heterocycles. The van der Waals surface area contributed by atoms with E-state index < -0.39 is 0 Å². The van der Waals surface area contributed by atoms with E-state index in [0.717, 1.165) is 11.1 Å². The fourth-order valence-corrected chi connectivity index (χ4v) is 2.84. The van der Waals surface area contributed by atoms with Crippen molar-refractivity contribution >= 4 is 23.4 Å². The molecular formula is C20H21ClN4O2. The minimum absolute atomic E-state index is 0.102. The average Bonchev–Trinajstić information content (AvgIpc) is 2.64. The quantitative estimate of drug-likeness (QED) is 0.484. The number of rotatable bonds is 6. The van der Waals surface area contributed by atoms with Crippen LogP contribution in [-0.2, 0) is 0 Å². The summed E-state index contributed by atoms with van der Waals surface area (Å²) in [6.07, 6.45) is 1.53. The van der Waals surface area contributed by atoms with Crippen molar-refractivity contribution in [3.63, 3.8) is 0 Å². The lowest BCUT2D eigenvalue weighted by atomic mass is 10.1. The van der Waals surface area contributed by atoms with Gasteiger partial charge in [0.2, 0.25) is 5.95 Å². The number of benzene rings is 2. The number of phenols is 2. The molecule has 0 saturated heterocycles. The summed E-state index contributed by atoms with van der Waals surface area (Å²) in [5.74, 6) is 1.33. The molecular weight excluding hydrogens is 364 g/mol. The third-order valence-corrected chi connectivity index (χ3v) is 4.46. The Bertz CT molecular complexity index is 935. The molecule has 0 saturated carbocycles. The average molecular weight is 385 g/mol. The van der Waals surface area contributed by atoms with Gasteiger partial charge in [-0.3, -0.25) is 0 Å². The van der Waals surface area contributed by atoms with E-state index in [1.54, 1.807) is 36.4 Å². The molecule has 7 heteroatoms. The minimum atomic E-state index is -0.110. The minimum Gasteiger partial charge on any atom is -0.508 e. The maximum atomic E-state index is 9.65. The van der Waals surface area contributed by atoms with Crippen molar-refractivity contribution in [2.75, 3.05) is 10.6 Å². The molecule has 2 unspecified atom stereocenters. The Labute approximate surface area is 162 Å². The van der Waals surface area contributed by atoms with Crippen LogP contribution in [0.4, 0.5) is 11.8 Å². The Balaban J connectivity index is 1.76. The number of nitrogens with zero attached hydrogens (tertiary/aromatic N) is 2. The summed E-state index contributed by atoms with van der Waals surface area (Å²) in [5, 5.41) is 26.1. The van der Waals surface area contributed by atoms with Crippen molar-refractivity contribution in [1.82, 2.24) is 9.97 Å². The van der Waals surface area contributed by atoms with Gasteiger partial charge in [-0.25, -0.2) is 4.98 Å². The van der Waals surface area contributed by atoms with Crippen molar-refractivity contribution in [3.05, 3.63) is 70.9 Å². The van der Waals surface area contributed by atoms with E-state index in [2.05, 4.69) is 20.6 Å². The number of halogens is 1. The first kappa shape index (κ1) is 18.8. The van der Waals surface area contributed by atoms with Crippen LogP contribution in [0.1, 0.15) is 37.1 Å². The Morgan fingerprint density at radius 2 is 1.44 bits per heavy atom. The summed E-state index contributed by atoms with van der Waals surface area (Å²) < 4.78 is 0. The zero-order chi connectivity index (χ0) is 19.4. The van der Waals surface area contributed by atoms with E-state index in [1.165, 1.54) is 6.20 Å². The molecule has 2 aromatic carbocycles. The van der Waals surface area contributed by atoms with Gasteiger partial charge in [-0.2, -0.15) is 4.98 Å². The summed E-state index contributed by atoms with van der Waals surface area (Å²) in [6, 6.07) is 13.8. The summed E-state index contributed by atoms with van der Waals surface area (Å²) >= 11 is 6.24. The van der Waals surface area contributed by atoms with Gasteiger partial charge < -0.3 is 20.8 Å². The standard InChI is InChI=1S/C20H21ClN4O2/c1-12(14-5-3-7-16(26)9-14)23-19-18(21)11-22-20(25-19)24-13(2)15-6-4-8-17(27)10-15/h3-13,26-27H,1-2H3,(H2,22,23,24,25). The second kappa shape index (κ2) is 8.14. The van der Waals surface area contributed by atoms with Crippen LogP contribution in [-0.4, -0.2) is 20.2 Å². The van der Waals surface area contributed by atoms with Gasteiger partial charge in [0.1, 0.15) is 16.5 Å². The summed E-state index contributed by atoms with van der Waals surface area (Å²) in [5.41, 5.74) is 1.82. The van der Waals surface area contributed by atoms with Crippen molar-refractivity contribution < 1.29 is 10.2 Å². The third kappa shape index (κ3) is 4.80. The molecule has 1 heterocycles. The highest BCUT2D eigenvalue weighted by Gasteiger charge is 2.13. The Hall–Kier alpha value is -2.99. The molecule has 0 aliphatic heterocycles. The van der Waals surface area contributed by atoms with Gasteiger partial charge in [0.05, 0.1) is 18.3 Å². The van der Waals surface area contributed by atoms with Crippen LogP contribution in [0.25, 0.3) is 0 Å². The van der Waals surface area contributed by atoms with Crippen molar-refractivity contribution in [1.29, 1.82) is 0 Å². The van der Waals surface area contributed by atoms with Crippen LogP contribution in [0.2, 0.25) is 5.02 Å². The van der Waals surface area contributed by atoms with Crippen LogP contribution in [0.3, 0.4) is 0 Å². The molecule has 0 radical (unpaired) electrons. The lowest BCUT2D eigenvalue weighted by Crippen LogP contribution is -2.12. The first-order valence-electron chi connectivity index (χ1n) is 8.56. The zero-order valence-corrected chi connectivity index (χ0v) is 15.8. The highest BCUT2D eigenvalue weighted by molar-refractivity contribution is 6.32. The van der Waals surface area contributed by atoms with Gasteiger partial charge in [-0.15, -0.1) is 0 Å². The highest BCUT2D eigenvalue weighted by atomic mass is 35.5. The number of aromatic nitrogens is 2. The van der Waals surface area contributed by atoms with Gasteiger partial charge in [0.15, 0.2) is 5.82 Å². The summed E-state index contributed by atoms with van der Waals surface area (Å²) in [6.45, 7) is 3.91. The molecule has 0 spiro atoms. The van der Waals surface area contributed by atoms with E-state index in [1.807, 2.05) is 26.0 Å². The van der Waals surface area contributed by atoms with Crippen molar-refractivity contribution in [2.24, 2.45) is 0 Å². The third-order valence-electron chi connectivity index (χ3n) is 4.18.